The molecule has 2 saturated heterocycles. The maximum absolute atomic E-state index is 12.5. The molecule has 0 unspecified atom stereocenters. The van der Waals surface area contributed by atoms with Crippen LogP contribution in [0, 0.1) is 0 Å². The molecule has 9 heteroatoms. The van der Waals surface area contributed by atoms with Crippen LogP contribution < -0.4 is 15.4 Å². The first-order chi connectivity index (χ1) is 18.2. The molecule has 0 saturated carbocycles. The van der Waals surface area contributed by atoms with Gasteiger partial charge in [0.05, 0.1) is 12.2 Å². The second-order valence-electron chi connectivity index (χ2n) is 11.1. The number of nitrogens with zero attached hydrogens (tertiary/aromatic N) is 1. The van der Waals surface area contributed by atoms with Crippen LogP contribution in [0.25, 0.3) is 21.7 Å². The highest BCUT2D eigenvalue weighted by atomic mass is 16.6. The number of carbonyl (C=O) groups excluding carboxylic acids is 3. The van der Waals surface area contributed by atoms with Gasteiger partial charge in [-0.25, -0.2) is 4.79 Å². The number of fused-ring (bicyclic) bond motifs is 3. The van der Waals surface area contributed by atoms with E-state index in [2.05, 4.69) is 10.6 Å². The molecule has 0 radical (unpaired) electrons. The summed E-state index contributed by atoms with van der Waals surface area (Å²) in [5.74, 6) is -0.141. The fourth-order valence-electron chi connectivity index (χ4n) is 5.23. The number of imide groups is 1. The Balaban J connectivity index is 1.16. The largest absolute Gasteiger partial charge is 0.492 e. The standard InChI is InChI=1S/C29H35N3O6/c1-29(2,3)38-28(35)32-13-10-19(11-14-32)30-12-15-36-20-5-6-21-18(16-20)4-8-24-26(21)23(17-37-24)22-7-9-25(33)31-27(22)34/h4-6,8,16-17,19,22,30H,7,9-15H2,1-3H3,(H,31,33,34)/t22-/m1/s1. The van der Waals surface area contributed by atoms with Gasteiger partial charge in [0.25, 0.3) is 0 Å². The summed E-state index contributed by atoms with van der Waals surface area (Å²) in [7, 11) is 0. The van der Waals surface area contributed by atoms with E-state index in [1.54, 1.807) is 11.2 Å². The molecule has 3 heterocycles. The number of hydrogen-bond donors (Lipinski definition) is 2. The summed E-state index contributed by atoms with van der Waals surface area (Å²) in [6.45, 7) is 8.23. The zero-order chi connectivity index (χ0) is 26.9. The number of hydrogen-bond acceptors (Lipinski definition) is 7. The summed E-state index contributed by atoms with van der Waals surface area (Å²) in [5, 5.41) is 8.85. The molecule has 2 fully saturated rings. The van der Waals surface area contributed by atoms with Crippen molar-refractivity contribution in [2.45, 2.75) is 64.0 Å². The third-order valence-corrected chi connectivity index (χ3v) is 7.12. The molecule has 0 spiro atoms. The SMILES string of the molecule is CC(C)(C)OC(=O)N1CCC(NCCOc2ccc3c(ccc4occ([C@H]5CCC(=O)NC5=O)c43)c2)CC1. The number of piperidine rings is 2. The minimum Gasteiger partial charge on any atom is -0.492 e. The lowest BCUT2D eigenvalue weighted by molar-refractivity contribution is -0.134. The average molecular weight is 522 g/mol. The van der Waals surface area contributed by atoms with Crippen molar-refractivity contribution < 1.29 is 28.3 Å². The Hall–Kier alpha value is -3.59. The van der Waals surface area contributed by atoms with E-state index in [0.717, 1.165) is 40.3 Å². The number of rotatable bonds is 6. The normalized spacial score (nSPS) is 19.1. The van der Waals surface area contributed by atoms with Crippen molar-refractivity contribution in [3.63, 3.8) is 0 Å². The minimum absolute atomic E-state index is 0.230. The summed E-state index contributed by atoms with van der Waals surface area (Å²) in [6.07, 6.45) is 3.95. The molecule has 38 heavy (non-hydrogen) atoms. The quantitative estimate of drug-likeness (QED) is 0.364. The first-order valence-corrected chi connectivity index (χ1v) is 13.3. The van der Waals surface area contributed by atoms with Gasteiger partial charge in [0.15, 0.2) is 0 Å². The lowest BCUT2D eigenvalue weighted by Gasteiger charge is -2.33. The van der Waals surface area contributed by atoms with Crippen LogP contribution in [-0.4, -0.2) is 60.7 Å². The molecular formula is C29H35N3O6. The predicted molar refractivity (Wildman–Crippen MR) is 143 cm³/mol. The van der Waals surface area contributed by atoms with Gasteiger partial charge in [-0.05, 0) is 75.1 Å². The van der Waals surface area contributed by atoms with Crippen LogP contribution >= 0.6 is 0 Å². The highest BCUT2D eigenvalue weighted by molar-refractivity contribution is 6.10. The maximum atomic E-state index is 12.5. The van der Waals surface area contributed by atoms with E-state index < -0.39 is 11.5 Å². The number of amides is 3. The van der Waals surface area contributed by atoms with Gasteiger partial charge in [-0.2, -0.15) is 0 Å². The van der Waals surface area contributed by atoms with Crippen molar-refractivity contribution in [2.24, 2.45) is 0 Å². The Labute approximate surface area is 221 Å². The Morgan fingerprint density at radius 2 is 1.92 bits per heavy atom. The third kappa shape index (κ3) is 5.78. The molecule has 2 aliphatic heterocycles. The summed E-state index contributed by atoms with van der Waals surface area (Å²) < 4.78 is 17.2. The zero-order valence-electron chi connectivity index (χ0n) is 22.2. The monoisotopic (exact) mass is 521 g/mol. The lowest BCUT2D eigenvalue weighted by atomic mass is 9.89. The van der Waals surface area contributed by atoms with Gasteiger partial charge in [-0.15, -0.1) is 0 Å². The van der Waals surface area contributed by atoms with Gasteiger partial charge >= 0.3 is 6.09 Å². The van der Waals surface area contributed by atoms with Gasteiger partial charge < -0.3 is 24.1 Å². The molecule has 2 N–H and O–H groups in total. The minimum atomic E-state index is -0.480. The molecule has 3 aromatic rings. The molecule has 2 aliphatic rings. The van der Waals surface area contributed by atoms with Crippen LogP contribution in [0.5, 0.6) is 5.75 Å². The number of ether oxygens (including phenoxy) is 2. The van der Waals surface area contributed by atoms with Crippen molar-refractivity contribution in [3.8, 4) is 5.75 Å². The van der Waals surface area contributed by atoms with Gasteiger partial charge in [0.1, 0.15) is 23.5 Å². The molecule has 0 aliphatic carbocycles. The number of nitrogens with one attached hydrogen (secondary N) is 2. The van der Waals surface area contributed by atoms with Gasteiger partial charge in [0, 0.05) is 43.0 Å². The van der Waals surface area contributed by atoms with Gasteiger partial charge in [-0.1, -0.05) is 6.07 Å². The molecular weight excluding hydrogens is 486 g/mol. The highest BCUT2D eigenvalue weighted by Crippen LogP contribution is 2.37. The maximum Gasteiger partial charge on any atom is 0.410 e. The summed E-state index contributed by atoms with van der Waals surface area (Å²) >= 11 is 0. The molecule has 202 valence electrons. The smallest absolute Gasteiger partial charge is 0.410 e. The zero-order valence-corrected chi connectivity index (χ0v) is 22.2. The van der Waals surface area contributed by atoms with E-state index in [4.69, 9.17) is 13.9 Å². The molecule has 1 aromatic heterocycles. The Morgan fingerprint density at radius 3 is 2.66 bits per heavy atom. The molecule has 5 rings (SSSR count). The highest BCUT2D eigenvalue weighted by Gasteiger charge is 2.31. The van der Waals surface area contributed by atoms with Crippen molar-refractivity contribution >= 4 is 39.6 Å². The fourth-order valence-corrected chi connectivity index (χ4v) is 5.23. The van der Waals surface area contributed by atoms with E-state index in [-0.39, 0.29) is 17.9 Å². The van der Waals surface area contributed by atoms with Crippen LogP contribution in [0.2, 0.25) is 0 Å². The third-order valence-electron chi connectivity index (χ3n) is 7.12. The summed E-state index contributed by atoms with van der Waals surface area (Å²) in [6, 6.07) is 10.2. The van der Waals surface area contributed by atoms with Crippen LogP contribution in [0.1, 0.15) is 57.9 Å². The van der Waals surface area contributed by atoms with Crippen LogP contribution in [0.15, 0.2) is 41.0 Å². The summed E-state index contributed by atoms with van der Waals surface area (Å²) in [5.41, 5.74) is 1.05. The van der Waals surface area contributed by atoms with Crippen molar-refractivity contribution in [2.75, 3.05) is 26.2 Å². The first kappa shape index (κ1) is 26.0. The Morgan fingerprint density at radius 1 is 1.13 bits per heavy atom. The number of benzene rings is 2. The molecule has 0 bridgehead atoms. The number of carbonyl (C=O) groups is 3. The molecule has 9 nitrogen and oxygen atoms in total. The fraction of sp³-hybridized carbons (Fsp3) is 0.483. The summed E-state index contributed by atoms with van der Waals surface area (Å²) in [4.78, 5) is 38.1. The van der Waals surface area contributed by atoms with Crippen molar-refractivity contribution in [3.05, 3.63) is 42.2 Å². The average Bonchev–Trinajstić information content (AvgIpc) is 3.30. The van der Waals surface area contributed by atoms with Gasteiger partial charge in [-0.3, -0.25) is 14.9 Å². The number of furan rings is 1. The Bertz CT molecular complexity index is 1350. The topological polar surface area (TPSA) is 110 Å². The molecule has 3 amide bonds. The lowest BCUT2D eigenvalue weighted by Crippen LogP contribution is -2.47. The van der Waals surface area contributed by atoms with Crippen molar-refractivity contribution in [1.82, 2.24) is 15.5 Å². The van der Waals surface area contributed by atoms with Crippen molar-refractivity contribution in [1.29, 1.82) is 0 Å². The second kappa shape index (κ2) is 10.6. The van der Waals surface area contributed by atoms with E-state index in [0.29, 0.717) is 50.7 Å². The Kier molecular flexibility index (Phi) is 7.29. The van der Waals surface area contributed by atoms with Crippen LogP contribution in [-0.2, 0) is 14.3 Å². The van der Waals surface area contributed by atoms with E-state index >= 15 is 0 Å². The number of likely N-dealkylation sites (tertiary alicyclic amines) is 1. The molecule has 1 atom stereocenters. The van der Waals surface area contributed by atoms with E-state index in [1.165, 1.54) is 0 Å². The molecule has 2 aromatic carbocycles. The van der Waals surface area contributed by atoms with Gasteiger partial charge in [0.2, 0.25) is 11.8 Å². The van der Waals surface area contributed by atoms with E-state index in [1.807, 2.05) is 51.1 Å². The van der Waals surface area contributed by atoms with Crippen LogP contribution in [0.3, 0.4) is 0 Å². The van der Waals surface area contributed by atoms with E-state index in [9.17, 15) is 14.4 Å². The van der Waals surface area contributed by atoms with Crippen LogP contribution in [0.4, 0.5) is 4.79 Å². The second-order valence-corrected chi connectivity index (χ2v) is 11.1. The first-order valence-electron chi connectivity index (χ1n) is 13.3. The predicted octanol–water partition coefficient (Wildman–Crippen LogP) is 4.47.